The van der Waals surface area contributed by atoms with Gasteiger partial charge < -0.3 is 9.15 Å². The highest BCUT2D eigenvalue weighted by atomic mass is 79.9. The van der Waals surface area contributed by atoms with E-state index in [2.05, 4.69) is 36.8 Å². The minimum Gasteiger partial charge on any atom is -0.483 e. The first-order valence-corrected chi connectivity index (χ1v) is 5.82. The summed E-state index contributed by atoms with van der Waals surface area (Å²) in [5.74, 6) is 1.46. The third-order valence-corrected chi connectivity index (χ3v) is 2.75. The summed E-state index contributed by atoms with van der Waals surface area (Å²) in [5.41, 5.74) is 0. The number of furan rings is 1. The van der Waals surface area contributed by atoms with Crippen LogP contribution in [0.15, 0.2) is 44.2 Å². The molecule has 2 aromatic heterocycles. The van der Waals surface area contributed by atoms with Crippen molar-refractivity contribution in [3.8, 4) is 5.75 Å². The fourth-order valence-electron chi connectivity index (χ4n) is 1.06. The van der Waals surface area contributed by atoms with Gasteiger partial charge in [-0.3, -0.25) is 0 Å². The molecule has 2 heterocycles. The van der Waals surface area contributed by atoms with Gasteiger partial charge in [0.05, 0.1) is 0 Å². The molecule has 0 unspecified atom stereocenters. The van der Waals surface area contributed by atoms with E-state index in [9.17, 15) is 0 Å². The van der Waals surface area contributed by atoms with Gasteiger partial charge in [0.2, 0.25) is 0 Å². The van der Waals surface area contributed by atoms with Crippen LogP contribution in [-0.4, -0.2) is 4.98 Å². The van der Waals surface area contributed by atoms with Gasteiger partial charge in [-0.2, -0.15) is 0 Å². The number of hydrogen-bond donors (Lipinski definition) is 0. The molecule has 0 amide bonds. The molecule has 0 radical (unpaired) electrons. The van der Waals surface area contributed by atoms with Gasteiger partial charge in [-0.15, -0.1) is 0 Å². The minimum absolute atomic E-state index is 0.385. The zero-order valence-electron chi connectivity index (χ0n) is 7.61. The van der Waals surface area contributed by atoms with Crippen molar-refractivity contribution in [2.24, 2.45) is 0 Å². The lowest BCUT2D eigenvalue weighted by atomic mass is 10.4. The lowest BCUT2D eigenvalue weighted by Gasteiger charge is -2.04. The summed E-state index contributed by atoms with van der Waals surface area (Å²) in [6.45, 7) is 0.385. The Kier molecular flexibility index (Phi) is 3.43. The van der Waals surface area contributed by atoms with Crippen LogP contribution in [0.25, 0.3) is 0 Å². The molecule has 2 aromatic rings. The summed E-state index contributed by atoms with van der Waals surface area (Å²) in [6, 6.07) is 7.35. The Balaban J connectivity index is 2.02. The second-order valence-corrected chi connectivity index (χ2v) is 4.32. The predicted molar refractivity (Wildman–Crippen MR) is 62.7 cm³/mol. The highest BCUT2D eigenvalue weighted by Crippen LogP contribution is 2.23. The zero-order valence-corrected chi connectivity index (χ0v) is 10.8. The van der Waals surface area contributed by atoms with Crippen LogP contribution in [0.5, 0.6) is 5.75 Å². The van der Waals surface area contributed by atoms with Crippen LogP contribution >= 0.6 is 31.9 Å². The Bertz CT molecular complexity index is 456. The fourth-order valence-corrected chi connectivity index (χ4v) is 1.76. The van der Waals surface area contributed by atoms with Crippen molar-refractivity contribution in [2.75, 3.05) is 0 Å². The molecular formula is C10H7Br2NO2. The van der Waals surface area contributed by atoms with Crippen LogP contribution in [0.3, 0.4) is 0 Å². The maximum Gasteiger partial charge on any atom is 0.169 e. The first-order valence-electron chi connectivity index (χ1n) is 4.23. The van der Waals surface area contributed by atoms with Crippen LogP contribution in [-0.2, 0) is 6.61 Å². The minimum atomic E-state index is 0.385. The molecule has 0 aromatic carbocycles. The normalized spacial score (nSPS) is 10.3. The molecule has 0 saturated carbocycles. The molecule has 0 aliphatic heterocycles. The summed E-state index contributed by atoms with van der Waals surface area (Å²) >= 11 is 6.53. The quantitative estimate of drug-likeness (QED) is 0.802. The summed E-state index contributed by atoms with van der Waals surface area (Å²) in [4.78, 5) is 4.05. The third-order valence-electron chi connectivity index (χ3n) is 1.72. The number of halogens is 2. The molecule has 0 spiro atoms. The number of aromatic nitrogens is 1. The topological polar surface area (TPSA) is 35.3 Å². The van der Waals surface area contributed by atoms with Gasteiger partial charge in [-0.05, 0) is 56.1 Å². The standard InChI is InChI=1S/C10H7Br2NO2/c11-9-4-3-7(15-9)6-14-8-2-1-5-13-10(8)12/h1-5H,6H2. The number of rotatable bonds is 3. The molecule has 0 N–H and O–H groups in total. The van der Waals surface area contributed by atoms with E-state index < -0.39 is 0 Å². The Morgan fingerprint density at radius 2 is 2.13 bits per heavy atom. The number of nitrogens with zero attached hydrogens (tertiary/aromatic N) is 1. The van der Waals surface area contributed by atoms with E-state index in [1.54, 1.807) is 6.20 Å². The lowest BCUT2D eigenvalue weighted by Crippen LogP contribution is -1.94. The largest absolute Gasteiger partial charge is 0.483 e. The van der Waals surface area contributed by atoms with Crippen LogP contribution in [0.2, 0.25) is 0 Å². The van der Waals surface area contributed by atoms with Crippen molar-refractivity contribution >= 4 is 31.9 Å². The average molecular weight is 333 g/mol. The zero-order chi connectivity index (χ0) is 10.7. The van der Waals surface area contributed by atoms with E-state index in [1.807, 2.05) is 24.3 Å². The smallest absolute Gasteiger partial charge is 0.169 e. The predicted octanol–water partition coefficient (Wildman–Crippen LogP) is 3.78. The Labute approximate surface area is 104 Å². The van der Waals surface area contributed by atoms with E-state index in [0.717, 1.165) is 5.76 Å². The molecular weight excluding hydrogens is 326 g/mol. The molecule has 0 aliphatic rings. The van der Waals surface area contributed by atoms with Gasteiger partial charge in [-0.25, -0.2) is 4.98 Å². The number of ether oxygens (including phenoxy) is 1. The van der Waals surface area contributed by atoms with Crippen molar-refractivity contribution in [2.45, 2.75) is 6.61 Å². The Morgan fingerprint density at radius 3 is 2.80 bits per heavy atom. The van der Waals surface area contributed by atoms with Crippen LogP contribution in [0.1, 0.15) is 5.76 Å². The van der Waals surface area contributed by atoms with E-state index in [-0.39, 0.29) is 0 Å². The van der Waals surface area contributed by atoms with Crippen LogP contribution < -0.4 is 4.74 Å². The van der Waals surface area contributed by atoms with Gasteiger partial charge in [0.25, 0.3) is 0 Å². The van der Waals surface area contributed by atoms with Crippen LogP contribution in [0, 0.1) is 0 Å². The molecule has 0 saturated heterocycles. The highest BCUT2D eigenvalue weighted by Gasteiger charge is 2.03. The Hall–Kier alpha value is -0.810. The van der Waals surface area contributed by atoms with Crippen molar-refractivity contribution in [1.29, 1.82) is 0 Å². The SMILES string of the molecule is Brc1ccc(COc2cccnc2Br)o1. The van der Waals surface area contributed by atoms with E-state index in [0.29, 0.717) is 21.6 Å². The highest BCUT2D eigenvalue weighted by molar-refractivity contribution is 9.10. The Morgan fingerprint density at radius 1 is 1.27 bits per heavy atom. The van der Waals surface area contributed by atoms with Gasteiger partial charge in [0, 0.05) is 6.20 Å². The molecule has 0 fully saturated rings. The second-order valence-electron chi connectivity index (χ2n) is 2.79. The molecule has 3 nitrogen and oxygen atoms in total. The number of hydrogen-bond acceptors (Lipinski definition) is 3. The maximum atomic E-state index is 5.51. The second kappa shape index (κ2) is 4.81. The molecule has 15 heavy (non-hydrogen) atoms. The molecule has 0 bridgehead atoms. The van der Waals surface area contributed by atoms with Crippen molar-refractivity contribution in [3.63, 3.8) is 0 Å². The fraction of sp³-hybridized carbons (Fsp3) is 0.100. The summed E-state index contributed by atoms with van der Waals surface area (Å²) in [7, 11) is 0. The van der Waals surface area contributed by atoms with Crippen molar-refractivity contribution in [3.05, 3.63) is 45.5 Å². The molecule has 0 aliphatic carbocycles. The summed E-state index contributed by atoms with van der Waals surface area (Å²) in [6.07, 6.45) is 1.69. The third kappa shape index (κ3) is 2.82. The van der Waals surface area contributed by atoms with Gasteiger partial charge in [0.15, 0.2) is 10.4 Å². The first kappa shape index (κ1) is 10.7. The van der Waals surface area contributed by atoms with Gasteiger partial charge in [-0.1, -0.05) is 0 Å². The van der Waals surface area contributed by atoms with Crippen molar-refractivity contribution < 1.29 is 9.15 Å². The molecule has 0 atom stereocenters. The number of pyridine rings is 1. The lowest BCUT2D eigenvalue weighted by molar-refractivity contribution is 0.265. The van der Waals surface area contributed by atoms with Crippen LogP contribution in [0.4, 0.5) is 0 Å². The summed E-state index contributed by atoms with van der Waals surface area (Å²) < 4.78 is 12.2. The average Bonchev–Trinajstić information content (AvgIpc) is 2.63. The van der Waals surface area contributed by atoms with Gasteiger partial charge in [0.1, 0.15) is 17.0 Å². The maximum absolute atomic E-state index is 5.51. The summed E-state index contributed by atoms with van der Waals surface area (Å²) in [5, 5.41) is 0. The van der Waals surface area contributed by atoms with Crippen molar-refractivity contribution in [1.82, 2.24) is 4.98 Å². The first-order chi connectivity index (χ1) is 7.25. The van der Waals surface area contributed by atoms with Gasteiger partial charge >= 0.3 is 0 Å². The van der Waals surface area contributed by atoms with E-state index in [4.69, 9.17) is 9.15 Å². The molecule has 2 rings (SSSR count). The molecule has 5 heteroatoms. The van der Waals surface area contributed by atoms with E-state index >= 15 is 0 Å². The monoisotopic (exact) mass is 331 g/mol. The van der Waals surface area contributed by atoms with E-state index in [1.165, 1.54) is 0 Å². The molecule has 78 valence electrons.